The topological polar surface area (TPSA) is 326 Å². The Morgan fingerprint density at radius 2 is 0.904 bits per heavy atom. The van der Waals surface area contributed by atoms with Gasteiger partial charge in [-0.05, 0) is 114 Å². The Hall–Kier alpha value is -5.76. The van der Waals surface area contributed by atoms with Crippen LogP contribution in [0.4, 0.5) is 0 Å². The van der Waals surface area contributed by atoms with E-state index in [1.54, 1.807) is 55.4 Å². The van der Waals surface area contributed by atoms with Gasteiger partial charge in [0.25, 0.3) is 0 Å². The summed E-state index contributed by atoms with van der Waals surface area (Å²) < 4.78 is 24.0. The number of hydrogen-bond donors (Lipinski definition) is 6. The van der Waals surface area contributed by atoms with Gasteiger partial charge >= 0.3 is 7.60 Å². The fourth-order valence-corrected chi connectivity index (χ4v) is 13.1. The van der Waals surface area contributed by atoms with E-state index in [1.807, 2.05) is 55.4 Å². The van der Waals surface area contributed by atoms with Gasteiger partial charge in [-0.3, -0.25) is 57.3 Å². The third-order valence-corrected chi connectivity index (χ3v) is 19.4. The van der Waals surface area contributed by atoms with Crippen LogP contribution in [-0.4, -0.2) is 259 Å². The molecule has 1 aliphatic rings. The van der Waals surface area contributed by atoms with Crippen LogP contribution in [0.1, 0.15) is 163 Å². The first-order valence-corrected chi connectivity index (χ1v) is 35.5. The van der Waals surface area contributed by atoms with Crippen molar-refractivity contribution in [3.05, 3.63) is 0 Å². The minimum Gasteiger partial charge on any atom is -0.390 e. The van der Waals surface area contributed by atoms with Gasteiger partial charge in [-0.1, -0.05) is 96.9 Å². The van der Waals surface area contributed by atoms with E-state index in [-0.39, 0.29) is 94.7 Å². The largest absolute Gasteiger partial charge is 0.390 e. The van der Waals surface area contributed by atoms with Gasteiger partial charge < -0.3 is 75.0 Å². The molecule has 0 aromatic heterocycles. The number of likely N-dealkylation sites (N-methyl/N-ethyl adjacent to an activating group) is 7. The van der Waals surface area contributed by atoms with Crippen molar-refractivity contribution in [3.63, 3.8) is 0 Å². The highest BCUT2D eigenvalue weighted by Crippen LogP contribution is 2.47. The summed E-state index contributed by atoms with van der Waals surface area (Å²) in [6, 6.07) is -12.7. The van der Waals surface area contributed by atoms with E-state index in [9.17, 15) is 43.2 Å². The van der Waals surface area contributed by atoms with Gasteiger partial charge in [-0.15, -0.1) is 0 Å². The lowest BCUT2D eigenvalue weighted by Crippen LogP contribution is -2.63. The maximum absolute atomic E-state index is 15.4. The van der Waals surface area contributed by atoms with Gasteiger partial charge in [0.1, 0.15) is 60.4 Å². The fraction of sp³-hybridized carbons (Fsp3) is 0.833. The van der Waals surface area contributed by atoms with E-state index in [0.29, 0.717) is 0 Å². The Balaban J connectivity index is 4.33. The average Bonchev–Trinajstić information content (AvgIpc) is 0.806. The van der Waals surface area contributed by atoms with Crippen LogP contribution in [0.2, 0.25) is 0 Å². The molecule has 542 valence electrons. The second-order valence-corrected chi connectivity index (χ2v) is 30.2. The van der Waals surface area contributed by atoms with Crippen molar-refractivity contribution in [1.29, 1.82) is 0 Å². The molecule has 1 saturated heterocycles. The summed E-state index contributed by atoms with van der Waals surface area (Å²) in [5.74, 6) is -10.3. The zero-order valence-electron chi connectivity index (χ0n) is 61.6. The van der Waals surface area contributed by atoms with Crippen molar-refractivity contribution >= 4 is 72.6 Å². The molecule has 0 spiro atoms. The van der Waals surface area contributed by atoms with Gasteiger partial charge in [-0.25, -0.2) is 0 Å². The first kappa shape index (κ1) is 86.3. The van der Waals surface area contributed by atoms with Crippen LogP contribution < -0.4 is 26.6 Å². The van der Waals surface area contributed by atoms with Crippen molar-refractivity contribution < 1.29 is 71.5 Å². The zero-order valence-corrected chi connectivity index (χ0v) is 62.5. The Morgan fingerprint density at radius 1 is 0.479 bits per heavy atom. The molecule has 12 unspecified atom stereocenters. The predicted molar refractivity (Wildman–Crippen MR) is 362 cm³/mol. The number of rotatable bonds is 23. The summed E-state index contributed by atoms with van der Waals surface area (Å²) >= 11 is 0. The summed E-state index contributed by atoms with van der Waals surface area (Å²) in [4.78, 5) is 170. The standard InChI is InChI=1S/C66H123N12O15P/c1-26-47-62(86)72(19)37-52(79)73(20)48(33-38(4)5)59(83)71-53(42(12)13)65(89)74(21)49(34-39(6)7)58(82)68-45(17)57(81)69-46(18)61(85)75(22)50(35-40(8)9)63(87)76(23)51(36-41(10)11)64(88)77(24)54(43(14)15)66(90)78(25)55(60(84)70-47)56(80)44(16)29-30-67-31-32-94(91,92-27-2)93-28-3/h38-51,53-56,67,80H,26-37H2,1-25H3,(H,68,82)(H,69,81)(H,70,84)(H,71,83). The molecule has 0 aromatic carbocycles. The number of nitrogens with one attached hydrogen (secondary N) is 5. The second kappa shape index (κ2) is 40.1. The Morgan fingerprint density at radius 3 is 1.36 bits per heavy atom. The lowest BCUT2D eigenvalue weighted by molar-refractivity contribution is -0.157. The Kier molecular flexibility index (Phi) is 36.8. The van der Waals surface area contributed by atoms with Gasteiger partial charge in [0, 0.05) is 55.9 Å². The van der Waals surface area contributed by atoms with Crippen LogP contribution in [0.3, 0.4) is 0 Å². The smallest absolute Gasteiger partial charge is 0.331 e. The monoisotopic (exact) mass is 1350 g/mol. The molecule has 1 rings (SSSR count). The molecule has 27 nitrogen and oxygen atoms in total. The van der Waals surface area contributed by atoms with Crippen molar-refractivity contribution in [2.45, 2.75) is 230 Å². The summed E-state index contributed by atoms with van der Waals surface area (Å²) in [5.41, 5.74) is 0. The lowest BCUT2D eigenvalue weighted by atomic mass is 9.91. The third-order valence-electron chi connectivity index (χ3n) is 17.3. The molecule has 0 aliphatic carbocycles. The van der Waals surface area contributed by atoms with Crippen LogP contribution in [0, 0.1) is 41.4 Å². The minimum absolute atomic E-state index is 0.0201. The maximum atomic E-state index is 15.4. The van der Waals surface area contributed by atoms with Gasteiger partial charge in [0.05, 0.1) is 32.0 Å². The number of carbonyl (C=O) groups excluding carboxylic acids is 11. The molecular formula is C66H123N12O15P. The van der Waals surface area contributed by atoms with Crippen LogP contribution in [0.15, 0.2) is 0 Å². The van der Waals surface area contributed by atoms with E-state index in [2.05, 4.69) is 26.6 Å². The van der Waals surface area contributed by atoms with E-state index < -0.39 is 163 Å². The molecule has 12 atom stereocenters. The van der Waals surface area contributed by atoms with Gasteiger partial charge in [-0.2, -0.15) is 0 Å². The molecule has 94 heavy (non-hydrogen) atoms. The average molecular weight is 1360 g/mol. The highest BCUT2D eigenvalue weighted by molar-refractivity contribution is 7.53. The first-order chi connectivity index (χ1) is 43.5. The summed E-state index contributed by atoms with van der Waals surface area (Å²) in [6.45, 7) is 31.5. The number of aliphatic hydroxyl groups is 1. The van der Waals surface area contributed by atoms with E-state index in [1.165, 1.54) is 87.7 Å². The number of amides is 11. The zero-order chi connectivity index (χ0) is 72.7. The molecule has 28 heteroatoms. The van der Waals surface area contributed by atoms with Gasteiger partial charge in [0.15, 0.2) is 0 Å². The third kappa shape index (κ3) is 25.3. The number of carbonyl (C=O) groups is 11. The fourth-order valence-electron chi connectivity index (χ4n) is 11.6. The molecule has 6 N–H and O–H groups in total. The Labute approximate surface area is 562 Å². The van der Waals surface area contributed by atoms with E-state index in [4.69, 9.17) is 9.05 Å². The molecule has 0 radical (unpaired) electrons. The quantitative estimate of drug-likeness (QED) is 0.0629. The summed E-state index contributed by atoms with van der Waals surface area (Å²) in [6.07, 6.45) is -0.812. The highest BCUT2D eigenvalue weighted by atomic mass is 31.2. The molecule has 1 fully saturated rings. The molecule has 1 aliphatic heterocycles. The highest BCUT2D eigenvalue weighted by Gasteiger charge is 2.46. The SMILES string of the molecule is CCOP(=O)(CCNCCC(C)C(O)C1C(=O)NC(CC)C(=O)N(C)CC(=O)N(C)C(CC(C)C)C(=O)NC(C(C)C)C(=O)N(C)C(CC(C)C)C(=O)NC(C)C(=O)NC(C)C(=O)N(C)C(CC(C)C)C(=O)N(C)C(CC(C)C)C(=O)N(C)C(C(C)C)C(=O)N1C)OCC. The minimum atomic E-state index is -3.39. The molecule has 0 aromatic rings. The normalized spacial score (nSPS) is 25.6. The van der Waals surface area contributed by atoms with E-state index >= 15 is 19.2 Å². The molecule has 11 amide bonds. The van der Waals surface area contributed by atoms with Crippen molar-refractivity contribution in [3.8, 4) is 0 Å². The van der Waals surface area contributed by atoms with Gasteiger partial charge in [0.2, 0.25) is 65.0 Å². The number of nitrogens with zero attached hydrogens (tertiary/aromatic N) is 7. The van der Waals surface area contributed by atoms with Crippen molar-refractivity contribution in [2.24, 2.45) is 41.4 Å². The van der Waals surface area contributed by atoms with Crippen molar-refractivity contribution in [1.82, 2.24) is 60.9 Å². The molecule has 0 saturated carbocycles. The van der Waals surface area contributed by atoms with Crippen molar-refractivity contribution in [2.75, 3.05) is 88.3 Å². The predicted octanol–water partition coefficient (Wildman–Crippen LogP) is 3.55. The lowest BCUT2D eigenvalue weighted by Gasteiger charge is -2.41. The number of aliphatic hydroxyl groups excluding tert-OH is 1. The molecule has 0 bridgehead atoms. The van der Waals surface area contributed by atoms with Crippen LogP contribution >= 0.6 is 7.60 Å². The number of hydrogen-bond acceptors (Lipinski definition) is 16. The van der Waals surface area contributed by atoms with Crippen LogP contribution in [0.25, 0.3) is 0 Å². The summed E-state index contributed by atoms with van der Waals surface area (Å²) in [5, 5.41) is 26.6. The summed E-state index contributed by atoms with van der Waals surface area (Å²) in [7, 11) is 6.42. The molecule has 1 heterocycles. The van der Waals surface area contributed by atoms with E-state index in [0.717, 1.165) is 9.80 Å². The Bertz CT molecular complexity index is 2560. The van der Waals surface area contributed by atoms with Crippen LogP contribution in [-0.2, 0) is 66.4 Å². The second-order valence-electron chi connectivity index (χ2n) is 28.0. The van der Waals surface area contributed by atoms with Crippen LogP contribution in [0.5, 0.6) is 0 Å². The first-order valence-electron chi connectivity index (χ1n) is 33.8. The maximum Gasteiger partial charge on any atom is 0.331 e. The molecular weight excluding hydrogens is 1230 g/mol.